The average Bonchev–Trinajstić information content (AvgIpc) is 2.47. The van der Waals surface area contributed by atoms with E-state index in [-0.39, 0.29) is 18.4 Å². The maximum atomic E-state index is 12.5. The predicted octanol–water partition coefficient (Wildman–Crippen LogP) is 1.36. The van der Waals surface area contributed by atoms with Gasteiger partial charge in [-0.2, -0.15) is 0 Å². The number of nitrogens with zero attached hydrogens (tertiary/aromatic N) is 2. The summed E-state index contributed by atoms with van der Waals surface area (Å²) in [6.45, 7) is 4.25. The Morgan fingerprint density at radius 3 is 3.21 bits per heavy atom. The van der Waals surface area contributed by atoms with Crippen LogP contribution in [0.2, 0.25) is 0 Å². The van der Waals surface area contributed by atoms with Gasteiger partial charge in [0.1, 0.15) is 5.82 Å². The molecule has 1 unspecified atom stereocenters. The van der Waals surface area contributed by atoms with Gasteiger partial charge in [-0.1, -0.05) is 0 Å². The molecule has 2 N–H and O–H groups in total. The first-order chi connectivity index (χ1) is 9.26. The number of aromatic nitrogens is 1. The lowest BCUT2D eigenvalue weighted by Gasteiger charge is -2.32. The maximum absolute atomic E-state index is 12.5. The van der Waals surface area contributed by atoms with Gasteiger partial charge in [0.15, 0.2) is 0 Å². The van der Waals surface area contributed by atoms with Gasteiger partial charge < -0.3 is 15.3 Å². The fourth-order valence-electron chi connectivity index (χ4n) is 2.46. The first-order valence-electron chi connectivity index (χ1n) is 6.85. The Morgan fingerprint density at radius 2 is 2.47 bits per heavy atom. The molecule has 1 aliphatic rings. The van der Waals surface area contributed by atoms with Crippen molar-refractivity contribution in [3.63, 3.8) is 0 Å². The number of anilines is 1. The minimum atomic E-state index is 0.00204. The Morgan fingerprint density at radius 1 is 1.63 bits per heavy atom. The van der Waals surface area contributed by atoms with Crippen LogP contribution >= 0.6 is 0 Å². The van der Waals surface area contributed by atoms with Crippen molar-refractivity contribution in [1.82, 2.24) is 9.88 Å². The molecule has 104 valence electrons. The normalized spacial score (nSPS) is 19.3. The Hall–Kier alpha value is -1.62. The quantitative estimate of drug-likeness (QED) is 0.861. The molecule has 1 aromatic rings. The number of rotatable bonds is 4. The van der Waals surface area contributed by atoms with Gasteiger partial charge in [0, 0.05) is 32.4 Å². The van der Waals surface area contributed by atoms with Crippen LogP contribution in [-0.4, -0.2) is 47.1 Å². The zero-order chi connectivity index (χ0) is 13.7. The molecule has 1 atom stereocenters. The van der Waals surface area contributed by atoms with Crippen LogP contribution in [0.3, 0.4) is 0 Å². The van der Waals surface area contributed by atoms with E-state index in [1.165, 1.54) is 0 Å². The molecular weight excluding hydrogens is 242 g/mol. The minimum absolute atomic E-state index is 0.00204. The second-order valence-electron chi connectivity index (χ2n) is 4.87. The number of hydrogen-bond acceptors (Lipinski definition) is 4. The molecule has 0 aromatic carbocycles. The van der Waals surface area contributed by atoms with E-state index in [1.54, 1.807) is 18.3 Å². The topological polar surface area (TPSA) is 65.5 Å². The monoisotopic (exact) mass is 263 g/mol. The van der Waals surface area contributed by atoms with Crippen LogP contribution in [0, 0.1) is 5.92 Å². The van der Waals surface area contributed by atoms with Gasteiger partial charge in [-0.3, -0.25) is 4.79 Å². The molecule has 1 aliphatic heterocycles. The van der Waals surface area contributed by atoms with Gasteiger partial charge in [0.05, 0.1) is 5.56 Å². The minimum Gasteiger partial charge on any atom is -0.396 e. The molecule has 0 spiro atoms. The number of aliphatic hydroxyl groups is 1. The highest BCUT2D eigenvalue weighted by atomic mass is 16.3. The Kier molecular flexibility index (Phi) is 4.74. The van der Waals surface area contributed by atoms with Crippen molar-refractivity contribution in [3.05, 3.63) is 23.9 Å². The highest BCUT2D eigenvalue weighted by molar-refractivity contribution is 5.98. The van der Waals surface area contributed by atoms with E-state index in [0.29, 0.717) is 17.9 Å². The van der Waals surface area contributed by atoms with Crippen molar-refractivity contribution >= 4 is 11.7 Å². The number of carbonyl (C=O) groups is 1. The van der Waals surface area contributed by atoms with E-state index in [1.807, 2.05) is 11.8 Å². The van der Waals surface area contributed by atoms with E-state index < -0.39 is 0 Å². The summed E-state index contributed by atoms with van der Waals surface area (Å²) in [5.74, 6) is 0.847. The van der Waals surface area contributed by atoms with E-state index in [2.05, 4.69) is 10.3 Å². The Labute approximate surface area is 113 Å². The molecule has 1 aromatic heterocycles. The second kappa shape index (κ2) is 6.52. The standard InChI is InChI=1S/C14H21N3O2/c1-2-15-13-12(6-3-7-16-13)14(19)17-8-4-5-11(9-17)10-18/h3,6-7,11,18H,2,4-5,8-10H2,1H3,(H,15,16). The predicted molar refractivity (Wildman–Crippen MR) is 74.1 cm³/mol. The lowest BCUT2D eigenvalue weighted by molar-refractivity contribution is 0.0621. The number of amides is 1. The first-order valence-corrected chi connectivity index (χ1v) is 6.85. The average molecular weight is 263 g/mol. The number of aliphatic hydroxyl groups excluding tert-OH is 1. The number of nitrogens with one attached hydrogen (secondary N) is 1. The fourth-order valence-corrected chi connectivity index (χ4v) is 2.46. The smallest absolute Gasteiger partial charge is 0.257 e. The summed E-state index contributed by atoms with van der Waals surface area (Å²) in [6.07, 6.45) is 3.63. The van der Waals surface area contributed by atoms with Gasteiger partial charge >= 0.3 is 0 Å². The van der Waals surface area contributed by atoms with Crippen LogP contribution in [0.5, 0.6) is 0 Å². The van der Waals surface area contributed by atoms with Crippen molar-refractivity contribution in [2.75, 3.05) is 31.6 Å². The Bertz CT molecular complexity index is 436. The van der Waals surface area contributed by atoms with Crippen LogP contribution in [0.15, 0.2) is 18.3 Å². The molecule has 2 heterocycles. The largest absolute Gasteiger partial charge is 0.396 e. The molecular formula is C14H21N3O2. The number of carbonyl (C=O) groups excluding carboxylic acids is 1. The zero-order valence-electron chi connectivity index (χ0n) is 11.3. The highest BCUT2D eigenvalue weighted by Crippen LogP contribution is 2.20. The highest BCUT2D eigenvalue weighted by Gasteiger charge is 2.25. The summed E-state index contributed by atoms with van der Waals surface area (Å²) < 4.78 is 0. The molecule has 0 bridgehead atoms. The summed E-state index contributed by atoms with van der Waals surface area (Å²) in [4.78, 5) is 18.6. The van der Waals surface area contributed by atoms with Crippen molar-refractivity contribution in [3.8, 4) is 0 Å². The van der Waals surface area contributed by atoms with Gasteiger partial charge in [0.2, 0.25) is 0 Å². The molecule has 0 radical (unpaired) electrons. The number of likely N-dealkylation sites (tertiary alicyclic amines) is 1. The van der Waals surface area contributed by atoms with Gasteiger partial charge in [0.25, 0.3) is 5.91 Å². The first kappa shape index (κ1) is 13.8. The summed E-state index contributed by atoms with van der Waals surface area (Å²) in [7, 11) is 0. The van der Waals surface area contributed by atoms with Crippen molar-refractivity contribution in [2.24, 2.45) is 5.92 Å². The van der Waals surface area contributed by atoms with Crippen molar-refractivity contribution < 1.29 is 9.90 Å². The van der Waals surface area contributed by atoms with Gasteiger partial charge in [-0.05, 0) is 37.8 Å². The van der Waals surface area contributed by atoms with Gasteiger partial charge in [-0.25, -0.2) is 4.98 Å². The van der Waals surface area contributed by atoms with Crippen molar-refractivity contribution in [1.29, 1.82) is 0 Å². The van der Waals surface area contributed by atoms with Crippen LogP contribution < -0.4 is 5.32 Å². The molecule has 0 aliphatic carbocycles. The van der Waals surface area contributed by atoms with E-state index in [0.717, 1.165) is 25.9 Å². The van der Waals surface area contributed by atoms with Crippen LogP contribution in [0.1, 0.15) is 30.1 Å². The third-order valence-electron chi connectivity index (χ3n) is 3.45. The number of pyridine rings is 1. The van der Waals surface area contributed by atoms with Crippen molar-refractivity contribution in [2.45, 2.75) is 19.8 Å². The molecule has 2 rings (SSSR count). The number of hydrogen-bond donors (Lipinski definition) is 2. The lowest BCUT2D eigenvalue weighted by atomic mass is 9.98. The maximum Gasteiger partial charge on any atom is 0.257 e. The van der Waals surface area contributed by atoms with Crippen LogP contribution in [0.4, 0.5) is 5.82 Å². The summed E-state index contributed by atoms with van der Waals surface area (Å²) in [6, 6.07) is 3.58. The third kappa shape index (κ3) is 3.23. The van der Waals surface area contributed by atoms with Crippen LogP contribution in [0.25, 0.3) is 0 Å². The molecule has 1 fully saturated rings. The molecule has 19 heavy (non-hydrogen) atoms. The molecule has 5 heteroatoms. The third-order valence-corrected chi connectivity index (χ3v) is 3.45. The zero-order valence-corrected chi connectivity index (χ0v) is 11.3. The van der Waals surface area contributed by atoms with Crippen LogP contribution in [-0.2, 0) is 0 Å². The molecule has 0 saturated carbocycles. The second-order valence-corrected chi connectivity index (χ2v) is 4.87. The number of piperidine rings is 1. The fraction of sp³-hybridized carbons (Fsp3) is 0.571. The summed E-state index contributed by atoms with van der Waals surface area (Å²) >= 11 is 0. The summed E-state index contributed by atoms with van der Waals surface area (Å²) in [5.41, 5.74) is 0.614. The van der Waals surface area contributed by atoms with Gasteiger partial charge in [-0.15, -0.1) is 0 Å². The van der Waals surface area contributed by atoms with E-state index >= 15 is 0 Å². The molecule has 1 saturated heterocycles. The lowest BCUT2D eigenvalue weighted by Crippen LogP contribution is -2.41. The Balaban J connectivity index is 2.14. The molecule has 1 amide bonds. The summed E-state index contributed by atoms with van der Waals surface area (Å²) in [5, 5.41) is 12.4. The molecule has 5 nitrogen and oxygen atoms in total. The SMILES string of the molecule is CCNc1ncccc1C(=O)N1CCCC(CO)C1. The van der Waals surface area contributed by atoms with E-state index in [9.17, 15) is 9.90 Å². The van der Waals surface area contributed by atoms with E-state index in [4.69, 9.17) is 0 Å².